The first-order valence-electron chi connectivity index (χ1n) is 9.41. The van der Waals surface area contributed by atoms with Gasteiger partial charge in [0.25, 0.3) is 0 Å². The van der Waals surface area contributed by atoms with Gasteiger partial charge in [-0.25, -0.2) is 8.42 Å². The largest absolute Gasteiger partial charge is 0.341 e. The van der Waals surface area contributed by atoms with Gasteiger partial charge >= 0.3 is 0 Å². The maximum atomic E-state index is 13.4. The number of hydrogen-bond donors (Lipinski definition) is 0. The number of carbonyl (C=O) groups excluding carboxylic acids is 1. The summed E-state index contributed by atoms with van der Waals surface area (Å²) in [6.45, 7) is 3.59. The molecule has 0 radical (unpaired) electrons. The summed E-state index contributed by atoms with van der Waals surface area (Å²) >= 11 is 0. The van der Waals surface area contributed by atoms with E-state index in [-0.39, 0.29) is 17.3 Å². The van der Waals surface area contributed by atoms with Gasteiger partial charge in [-0.3, -0.25) is 4.79 Å². The molecule has 5 nitrogen and oxygen atoms in total. The molecule has 4 rings (SSSR count). The number of nitrogens with zero attached hydrogens (tertiary/aromatic N) is 2. The molecule has 2 aromatic carbocycles. The molecule has 6 heteroatoms. The number of aryl methyl sites for hydroxylation is 1. The van der Waals surface area contributed by atoms with Crippen molar-refractivity contribution in [3.8, 4) is 0 Å². The third-order valence-electron chi connectivity index (χ3n) is 5.54. The maximum Gasteiger partial charge on any atom is 0.244 e. The quantitative estimate of drug-likeness (QED) is 0.818. The molecule has 0 N–H and O–H groups in total. The summed E-state index contributed by atoms with van der Waals surface area (Å²) in [5.41, 5.74) is 3.03. The summed E-state index contributed by atoms with van der Waals surface area (Å²) in [7, 11) is -3.76. The van der Waals surface area contributed by atoms with Gasteiger partial charge in [0.1, 0.15) is 6.04 Å². The van der Waals surface area contributed by atoms with Gasteiger partial charge in [-0.05, 0) is 49.4 Å². The van der Waals surface area contributed by atoms with Gasteiger partial charge in [-0.2, -0.15) is 4.31 Å². The highest BCUT2D eigenvalue weighted by Gasteiger charge is 2.41. The standard InChI is InChI=1S/C21H24N2O3S/c1-16-8-10-19(11-9-16)27(25,26)23-15-18-7-3-2-6-17(18)14-20(23)21(24)22-12-4-5-13-22/h2-3,6-11,20H,4-5,12-15H2,1H3. The minimum atomic E-state index is -3.76. The molecule has 142 valence electrons. The molecule has 27 heavy (non-hydrogen) atoms. The van der Waals surface area contributed by atoms with Crippen molar-refractivity contribution in [2.75, 3.05) is 13.1 Å². The van der Waals surface area contributed by atoms with Gasteiger partial charge in [-0.1, -0.05) is 42.0 Å². The first-order valence-corrected chi connectivity index (χ1v) is 10.8. The molecule has 2 aliphatic heterocycles. The smallest absolute Gasteiger partial charge is 0.244 e. The Hall–Kier alpha value is -2.18. The molecular weight excluding hydrogens is 360 g/mol. The van der Waals surface area contributed by atoms with Crippen LogP contribution >= 0.6 is 0 Å². The number of fused-ring (bicyclic) bond motifs is 1. The fraction of sp³-hybridized carbons (Fsp3) is 0.381. The zero-order valence-electron chi connectivity index (χ0n) is 15.5. The van der Waals surface area contributed by atoms with Crippen molar-refractivity contribution < 1.29 is 13.2 Å². The van der Waals surface area contributed by atoms with E-state index in [1.807, 2.05) is 36.1 Å². The molecule has 2 aliphatic rings. The molecule has 2 heterocycles. The van der Waals surface area contributed by atoms with Gasteiger partial charge in [-0.15, -0.1) is 0 Å². The number of benzene rings is 2. The number of rotatable bonds is 3. The number of hydrogen-bond acceptors (Lipinski definition) is 3. The molecule has 2 aromatic rings. The molecule has 0 bridgehead atoms. The highest BCUT2D eigenvalue weighted by molar-refractivity contribution is 7.89. The topological polar surface area (TPSA) is 57.7 Å². The normalized spacial score (nSPS) is 20.5. The van der Waals surface area contributed by atoms with E-state index in [4.69, 9.17) is 0 Å². The van der Waals surface area contributed by atoms with Gasteiger partial charge in [0, 0.05) is 19.6 Å². The van der Waals surface area contributed by atoms with Crippen molar-refractivity contribution in [3.63, 3.8) is 0 Å². The van der Waals surface area contributed by atoms with E-state index in [0.717, 1.165) is 42.6 Å². The van der Waals surface area contributed by atoms with Gasteiger partial charge < -0.3 is 4.90 Å². The summed E-state index contributed by atoms with van der Waals surface area (Å²) in [4.78, 5) is 15.2. The zero-order chi connectivity index (χ0) is 19.0. The Morgan fingerprint density at radius 3 is 2.26 bits per heavy atom. The lowest BCUT2D eigenvalue weighted by molar-refractivity contribution is -0.134. The molecule has 1 fully saturated rings. The van der Waals surface area contributed by atoms with Gasteiger partial charge in [0.15, 0.2) is 0 Å². The van der Waals surface area contributed by atoms with E-state index in [1.165, 1.54) is 4.31 Å². The summed E-state index contributed by atoms with van der Waals surface area (Å²) in [5, 5.41) is 0. The van der Waals surface area contributed by atoms with Crippen molar-refractivity contribution in [2.24, 2.45) is 0 Å². The maximum absolute atomic E-state index is 13.4. The fourth-order valence-electron chi connectivity index (χ4n) is 3.96. The number of carbonyl (C=O) groups is 1. The number of amides is 1. The van der Waals surface area contributed by atoms with Crippen LogP contribution in [0.4, 0.5) is 0 Å². The Morgan fingerprint density at radius 2 is 1.59 bits per heavy atom. The zero-order valence-corrected chi connectivity index (χ0v) is 16.3. The second kappa shape index (κ2) is 7.09. The van der Waals surface area contributed by atoms with Crippen LogP contribution in [0, 0.1) is 6.92 Å². The van der Waals surface area contributed by atoms with Crippen LogP contribution in [0.5, 0.6) is 0 Å². The first-order chi connectivity index (χ1) is 13.0. The Balaban J connectivity index is 1.74. The molecule has 0 spiro atoms. The Labute approximate surface area is 160 Å². The Kier molecular flexibility index (Phi) is 4.78. The minimum absolute atomic E-state index is 0.0716. The lowest BCUT2D eigenvalue weighted by atomic mass is 9.95. The van der Waals surface area contributed by atoms with Crippen LogP contribution in [0.1, 0.15) is 29.5 Å². The number of sulfonamides is 1. The minimum Gasteiger partial charge on any atom is -0.341 e. The lowest BCUT2D eigenvalue weighted by Gasteiger charge is -2.36. The Bertz CT molecular complexity index is 948. The molecule has 0 saturated carbocycles. The van der Waals surface area contributed by atoms with Crippen LogP contribution in [0.15, 0.2) is 53.4 Å². The molecule has 0 aliphatic carbocycles. The molecule has 1 amide bonds. The van der Waals surface area contributed by atoms with Gasteiger partial charge in [0.05, 0.1) is 4.90 Å². The predicted molar refractivity (Wildman–Crippen MR) is 104 cm³/mol. The van der Waals surface area contributed by atoms with Crippen LogP contribution in [0.2, 0.25) is 0 Å². The van der Waals surface area contributed by atoms with Crippen LogP contribution < -0.4 is 0 Å². The summed E-state index contributed by atoms with van der Waals surface area (Å²) in [6, 6.07) is 14.0. The van der Waals surface area contributed by atoms with Crippen LogP contribution in [0.25, 0.3) is 0 Å². The lowest BCUT2D eigenvalue weighted by Crippen LogP contribution is -2.53. The average molecular weight is 385 g/mol. The van der Waals surface area contributed by atoms with Crippen LogP contribution in [-0.2, 0) is 27.8 Å². The van der Waals surface area contributed by atoms with E-state index in [0.29, 0.717) is 6.42 Å². The summed E-state index contributed by atoms with van der Waals surface area (Å²) < 4.78 is 28.2. The van der Waals surface area contributed by atoms with Crippen molar-refractivity contribution >= 4 is 15.9 Å². The molecule has 1 unspecified atom stereocenters. The second-order valence-electron chi connectivity index (χ2n) is 7.38. The van der Waals surface area contributed by atoms with E-state index < -0.39 is 16.1 Å². The van der Waals surface area contributed by atoms with E-state index in [1.54, 1.807) is 24.3 Å². The molecule has 1 atom stereocenters. The predicted octanol–water partition coefficient (Wildman–Crippen LogP) is 2.73. The SMILES string of the molecule is Cc1ccc(S(=O)(=O)N2Cc3ccccc3CC2C(=O)N2CCCC2)cc1. The first kappa shape index (κ1) is 18.2. The van der Waals surface area contributed by atoms with E-state index in [2.05, 4.69) is 0 Å². The Morgan fingerprint density at radius 1 is 0.963 bits per heavy atom. The highest BCUT2D eigenvalue weighted by Crippen LogP contribution is 2.30. The van der Waals surface area contributed by atoms with Crippen LogP contribution in [-0.4, -0.2) is 42.7 Å². The molecule has 1 saturated heterocycles. The van der Waals surface area contributed by atoms with E-state index >= 15 is 0 Å². The van der Waals surface area contributed by atoms with Crippen molar-refractivity contribution in [1.29, 1.82) is 0 Å². The molecule has 0 aromatic heterocycles. The number of likely N-dealkylation sites (tertiary alicyclic amines) is 1. The fourth-order valence-corrected chi connectivity index (χ4v) is 5.52. The van der Waals surface area contributed by atoms with Crippen LogP contribution in [0.3, 0.4) is 0 Å². The second-order valence-corrected chi connectivity index (χ2v) is 9.27. The summed E-state index contributed by atoms with van der Waals surface area (Å²) in [6.07, 6.45) is 2.40. The van der Waals surface area contributed by atoms with Crippen molar-refractivity contribution in [3.05, 3.63) is 65.2 Å². The monoisotopic (exact) mass is 384 g/mol. The highest BCUT2D eigenvalue weighted by atomic mass is 32.2. The summed E-state index contributed by atoms with van der Waals surface area (Å²) in [5.74, 6) is -0.0716. The van der Waals surface area contributed by atoms with Crippen molar-refractivity contribution in [1.82, 2.24) is 9.21 Å². The average Bonchev–Trinajstić information content (AvgIpc) is 3.21. The van der Waals surface area contributed by atoms with Crippen molar-refractivity contribution in [2.45, 2.75) is 43.7 Å². The third kappa shape index (κ3) is 3.39. The van der Waals surface area contributed by atoms with E-state index in [9.17, 15) is 13.2 Å². The third-order valence-corrected chi connectivity index (χ3v) is 7.40. The van der Waals surface area contributed by atoms with Gasteiger partial charge in [0.2, 0.25) is 15.9 Å². The molecular formula is C21H24N2O3S.